The molecular weight excluding hydrogens is 182 g/mol. The average Bonchev–Trinajstić information content (AvgIpc) is 2.32. The van der Waals surface area contributed by atoms with E-state index in [1.165, 1.54) is 0 Å². The van der Waals surface area contributed by atoms with Crippen molar-refractivity contribution in [3.8, 4) is 0 Å². The highest BCUT2D eigenvalue weighted by molar-refractivity contribution is 5.60. The van der Waals surface area contributed by atoms with Crippen molar-refractivity contribution in [1.29, 1.82) is 0 Å². The first-order valence-corrected chi connectivity index (χ1v) is 4.98. The van der Waals surface area contributed by atoms with Crippen LogP contribution in [-0.4, -0.2) is 36.5 Å². The largest absolute Gasteiger partial charge is 0.510 e. The van der Waals surface area contributed by atoms with Crippen LogP contribution in [0, 0.1) is 0 Å². The van der Waals surface area contributed by atoms with Gasteiger partial charge in [-0.25, -0.2) is 4.79 Å². The van der Waals surface area contributed by atoms with Crippen molar-refractivity contribution in [2.45, 2.75) is 45.4 Å². The molecule has 0 aromatic rings. The summed E-state index contributed by atoms with van der Waals surface area (Å²) >= 11 is 0. The van der Waals surface area contributed by atoms with E-state index >= 15 is 0 Å². The van der Waals surface area contributed by atoms with Gasteiger partial charge in [-0.15, -0.1) is 0 Å². The molecule has 4 heteroatoms. The second-order valence-corrected chi connectivity index (χ2v) is 4.66. The lowest BCUT2D eigenvalue weighted by Crippen LogP contribution is -2.33. The van der Waals surface area contributed by atoms with Crippen molar-refractivity contribution in [3.05, 3.63) is 0 Å². The molecule has 82 valence electrons. The molecule has 1 saturated heterocycles. The van der Waals surface area contributed by atoms with Gasteiger partial charge in [-0.05, 0) is 40.7 Å². The summed E-state index contributed by atoms with van der Waals surface area (Å²) in [4.78, 5) is 13.3. The number of carbonyl (C=O) groups excluding carboxylic acids is 1. The quantitative estimate of drug-likeness (QED) is 0.608. The normalized spacial score (nSPS) is 23.6. The summed E-state index contributed by atoms with van der Waals surface area (Å²) in [5.74, 6) is 0. The molecule has 1 fully saturated rings. The standard InChI is InChI=1S/C10H19NO3/c1-10(2,3)14-9(12)13-8-6-5-7-11(8)4/h8H,5-7H2,1-4H3. The van der Waals surface area contributed by atoms with Crippen LogP contribution < -0.4 is 0 Å². The summed E-state index contributed by atoms with van der Waals surface area (Å²) in [6, 6.07) is 0. The smallest absolute Gasteiger partial charge is 0.429 e. The second kappa shape index (κ2) is 4.17. The average molecular weight is 201 g/mol. The van der Waals surface area contributed by atoms with Crippen LogP contribution in [0.5, 0.6) is 0 Å². The number of likely N-dealkylation sites (tertiary alicyclic amines) is 1. The number of ether oxygens (including phenoxy) is 2. The molecule has 1 aliphatic rings. The SMILES string of the molecule is CN1CCCC1OC(=O)OC(C)(C)C. The predicted molar refractivity (Wildman–Crippen MR) is 53.0 cm³/mol. The molecule has 1 heterocycles. The van der Waals surface area contributed by atoms with Gasteiger partial charge in [0.1, 0.15) is 5.60 Å². The fraction of sp³-hybridized carbons (Fsp3) is 0.900. The van der Waals surface area contributed by atoms with Crippen LogP contribution in [0.15, 0.2) is 0 Å². The highest BCUT2D eigenvalue weighted by Gasteiger charge is 2.27. The molecular formula is C10H19NO3. The van der Waals surface area contributed by atoms with Crippen LogP contribution >= 0.6 is 0 Å². The lowest BCUT2D eigenvalue weighted by atomic mass is 10.2. The van der Waals surface area contributed by atoms with Crippen molar-refractivity contribution >= 4 is 6.16 Å². The van der Waals surface area contributed by atoms with E-state index in [2.05, 4.69) is 0 Å². The van der Waals surface area contributed by atoms with E-state index in [1.54, 1.807) is 0 Å². The summed E-state index contributed by atoms with van der Waals surface area (Å²) in [6.07, 6.45) is 1.29. The molecule has 0 aromatic carbocycles. The van der Waals surface area contributed by atoms with E-state index < -0.39 is 11.8 Å². The molecule has 0 aliphatic carbocycles. The van der Waals surface area contributed by atoms with Gasteiger partial charge < -0.3 is 9.47 Å². The lowest BCUT2D eigenvalue weighted by Gasteiger charge is -2.23. The minimum Gasteiger partial charge on any atom is -0.429 e. The van der Waals surface area contributed by atoms with Crippen LogP contribution in [-0.2, 0) is 9.47 Å². The van der Waals surface area contributed by atoms with Crippen molar-refractivity contribution < 1.29 is 14.3 Å². The maximum absolute atomic E-state index is 11.3. The topological polar surface area (TPSA) is 38.8 Å². The fourth-order valence-electron chi connectivity index (χ4n) is 1.41. The Balaban J connectivity index is 2.33. The summed E-state index contributed by atoms with van der Waals surface area (Å²) in [5, 5.41) is 0. The molecule has 1 unspecified atom stereocenters. The lowest BCUT2D eigenvalue weighted by molar-refractivity contribution is -0.0542. The van der Waals surface area contributed by atoms with E-state index in [0.717, 1.165) is 19.4 Å². The van der Waals surface area contributed by atoms with E-state index in [-0.39, 0.29) is 6.23 Å². The molecule has 0 N–H and O–H groups in total. The molecule has 0 aromatic heterocycles. The van der Waals surface area contributed by atoms with Crippen LogP contribution in [0.25, 0.3) is 0 Å². The highest BCUT2D eigenvalue weighted by Crippen LogP contribution is 2.17. The third-order valence-corrected chi connectivity index (χ3v) is 2.08. The Hall–Kier alpha value is -0.770. The number of hydrogen-bond acceptors (Lipinski definition) is 4. The molecule has 4 nitrogen and oxygen atoms in total. The molecule has 0 spiro atoms. The first-order chi connectivity index (χ1) is 6.38. The molecule has 0 amide bonds. The van der Waals surface area contributed by atoms with Gasteiger partial charge >= 0.3 is 6.16 Å². The molecule has 0 radical (unpaired) electrons. The van der Waals surface area contributed by atoms with Crippen molar-refractivity contribution in [2.75, 3.05) is 13.6 Å². The molecule has 1 atom stereocenters. The minimum absolute atomic E-state index is 0.107. The molecule has 0 bridgehead atoms. The summed E-state index contributed by atoms with van der Waals surface area (Å²) in [6.45, 7) is 6.46. The monoisotopic (exact) mass is 201 g/mol. The highest BCUT2D eigenvalue weighted by atomic mass is 16.7. The maximum Gasteiger partial charge on any atom is 0.510 e. The van der Waals surface area contributed by atoms with E-state index in [0.29, 0.717) is 0 Å². The van der Waals surface area contributed by atoms with Gasteiger partial charge in [0, 0.05) is 6.54 Å². The Morgan fingerprint density at radius 1 is 1.43 bits per heavy atom. The zero-order valence-electron chi connectivity index (χ0n) is 9.37. The fourth-order valence-corrected chi connectivity index (χ4v) is 1.41. The van der Waals surface area contributed by atoms with Gasteiger partial charge in [0.05, 0.1) is 0 Å². The second-order valence-electron chi connectivity index (χ2n) is 4.66. The van der Waals surface area contributed by atoms with Crippen molar-refractivity contribution in [3.63, 3.8) is 0 Å². The first-order valence-electron chi connectivity index (χ1n) is 4.98. The van der Waals surface area contributed by atoms with Gasteiger partial charge in [-0.2, -0.15) is 0 Å². The summed E-state index contributed by atoms with van der Waals surface area (Å²) in [7, 11) is 1.95. The Morgan fingerprint density at radius 2 is 2.07 bits per heavy atom. The summed E-state index contributed by atoms with van der Waals surface area (Å²) in [5.41, 5.74) is -0.478. The maximum atomic E-state index is 11.3. The molecule has 14 heavy (non-hydrogen) atoms. The summed E-state index contributed by atoms with van der Waals surface area (Å²) < 4.78 is 10.2. The zero-order chi connectivity index (χ0) is 10.8. The third kappa shape index (κ3) is 3.54. The zero-order valence-corrected chi connectivity index (χ0v) is 9.37. The third-order valence-electron chi connectivity index (χ3n) is 2.08. The number of rotatable bonds is 1. The van der Waals surface area contributed by atoms with Crippen molar-refractivity contribution in [1.82, 2.24) is 4.90 Å². The van der Waals surface area contributed by atoms with Gasteiger partial charge in [0.25, 0.3) is 0 Å². The Labute approximate surface area is 85.2 Å². The Morgan fingerprint density at radius 3 is 2.50 bits per heavy atom. The Kier molecular flexibility index (Phi) is 3.37. The van der Waals surface area contributed by atoms with Crippen LogP contribution in [0.1, 0.15) is 33.6 Å². The number of hydrogen-bond donors (Lipinski definition) is 0. The van der Waals surface area contributed by atoms with Crippen LogP contribution in [0.3, 0.4) is 0 Å². The van der Waals surface area contributed by atoms with E-state index in [1.807, 2.05) is 32.7 Å². The van der Waals surface area contributed by atoms with Crippen LogP contribution in [0.4, 0.5) is 4.79 Å². The van der Waals surface area contributed by atoms with Gasteiger partial charge in [0.2, 0.25) is 0 Å². The number of carbonyl (C=O) groups is 1. The number of nitrogens with zero attached hydrogens (tertiary/aromatic N) is 1. The van der Waals surface area contributed by atoms with Crippen LogP contribution in [0.2, 0.25) is 0 Å². The molecule has 1 aliphatic heterocycles. The molecule has 1 rings (SSSR count). The minimum atomic E-state index is -0.573. The Bertz CT molecular complexity index is 210. The van der Waals surface area contributed by atoms with Gasteiger partial charge in [-0.1, -0.05) is 0 Å². The van der Waals surface area contributed by atoms with E-state index in [4.69, 9.17) is 9.47 Å². The van der Waals surface area contributed by atoms with Gasteiger partial charge in [-0.3, -0.25) is 4.90 Å². The van der Waals surface area contributed by atoms with Crippen molar-refractivity contribution in [2.24, 2.45) is 0 Å². The first kappa shape index (κ1) is 11.3. The predicted octanol–water partition coefficient (Wildman–Crippen LogP) is 1.99. The van der Waals surface area contributed by atoms with Gasteiger partial charge in [0.15, 0.2) is 6.23 Å². The molecule has 0 saturated carbocycles. The van der Waals surface area contributed by atoms with E-state index in [9.17, 15) is 4.79 Å².